The molecule has 0 amide bonds. The lowest BCUT2D eigenvalue weighted by Gasteiger charge is -2.08. The molecule has 2 aliphatic rings. The predicted octanol–water partition coefficient (Wildman–Crippen LogP) is 9.99. The van der Waals surface area contributed by atoms with Crippen LogP contribution in [0.1, 0.15) is 99.4 Å². The van der Waals surface area contributed by atoms with Gasteiger partial charge in [0, 0.05) is 27.8 Å². The first-order valence-corrected chi connectivity index (χ1v) is 15.7. The third-order valence-electron chi connectivity index (χ3n) is 9.54. The summed E-state index contributed by atoms with van der Waals surface area (Å²) in [4.78, 5) is 18.3. The van der Waals surface area contributed by atoms with Crippen molar-refractivity contribution in [1.29, 1.82) is 0 Å². The second-order valence-corrected chi connectivity index (χ2v) is 11.9. The molecule has 0 aliphatic carbocycles. The van der Waals surface area contributed by atoms with Gasteiger partial charge >= 0.3 is 0 Å². The molecule has 0 unspecified atom stereocenters. The van der Waals surface area contributed by atoms with Crippen LogP contribution in [0, 0.1) is 13.8 Å². The molecular weight excluding hydrogens is 526 g/mol. The number of nitrogens with one attached hydrogen (secondary N) is 2. The van der Waals surface area contributed by atoms with Gasteiger partial charge in [-0.25, -0.2) is 9.97 Å². The number of nitrogens with zero attached hydrogens (tertiary/aromatic N) is 2. The topological polar surface area (TPSA) is 83.4 Å². The molecule has 2 aliphatic heterocycles. The Kier molecular flexibility index (Phi) is 7.37. The summed E-state index contributed by atoms with van der Waals surface area (Å²) in [5, 5.41) is 0. The largest absolute Gasteiger partial charge is 0.399 e. The molecule has 4 N–H and O–H groups in total. The zero-order valence-corrected chi connectivity index (χ0v) is 26.8. The maximum absolute atomic E-state index is 6.15. The van der Waals surface area contributed by atoms with E-state index in [-0.39, 0.29) is 0 Å². The minimum absolute atomic E-state index is 0.751. The number of allylic oxidation sites excluding steroid dienone is 4. The molecule has 1 aromatic carbocycles. The molecule has 4 aromatic rings. The summed E-state index contributed by atoms with van der Waals surface area (Å²) in [6, 6.07) is 15.0. The average molecular weight is 570 g/mol. The lowest BCUT2D eigenvalue weighted by Crippen LogP contribution is -1.91. The van der Waals surface area contributed by atoms with E-state index >= 15 is 0 Å². The molecule has 0 atom stereocenters. The lowest BCUT2D eigenvalue weighted by molar-refractivity contribution is 1.14. The van der Waals surface area contributed by atoms with Crippen molar-refractivity contribution < 1.29 is 0 Å². The summed E-state index contributed by atoms with van der Waals surface area (Å²) >= 11 is 0. The van der Waals surface area contributed by atoms with Gasteiger partial charge in [0.25, 0.3) is 0 Å². The second-order valence-electron chi connectivity index (χ2n) is 11.9. The molecule has 8 bridgehead atoms. The SMILES string of the molecule is CCC1=C(C)c2cc3[nH]c(c(C)c3CC)c(-c3ccc(N)cc3)c3nc(cc4[nH]c(cc1n2)c(CC)c4C)C(CC)=C3C. The fraction of sp³-hybridized carbons (Fsp3) is 0.316. The first kappa shape index (κ1) is 28.7. The Hall–Kier alpha value is -4.38. The fourth-order valence-corrected chi connectivity index (χ4v) is 7.10. The molecule has 5 heteroatoms. The van der Waals surface area contributed by atoms with Crippen molar-refractivity contribution in [3.05, 3.63) is 87.5 Å². The van der Waals surface area contributed by atoms with Crippen LogP contribution >= 0.6 is 0 Å². The minimum atomic E-state index is 0.751. The van der Waals surface area contributed by atoms with E-state index < -0.39 is 0 Å². The summed E-state index contributed by atoms with van der Waals surface area (Å²) < 4.78 is 0. The number of rotatable bonds is 5. The Morgan fingerprint density at radius 3 is 1.81 bits per heavy atom. The molecule has 0 saturated carbocycles. The average Bonchev–Trinajstić information content (AvgIpc) is 3.66. The van der Waals surface area contributed by atoms with Crippen molar-refractivity contribution in [3.63, 3.8) is 0 Å². The van der Waals surface area contributed by atoms with Gasteiger partial charge < -0.3 is 15.7 Å². The maximum Gasteiger partial charge on any atom is 0.0769 e. The van der Waals surface area contributed by atoms with Gasteiger partial charge in [-0.1, -0.05) is 39.8 Å². The van der Waals surface area contributed by atoms with E-state index in [2.05, 4.69) is 95.7 Å². The standard InChI is InChI=1S/C38H43N5/c1-9-26-20(5)30-17-34-28(11-3)22(7)37(42-34)36(24-13-15-25(39)16-14-24)38-23(8)29(12-4)35(43-38)18-31-21(6)27(10-2)33(41-31)19-32(26)40-30/h13-19,40,43H,9-12,39H2,1-8H3. The molecule has 220 valence electrons. The Bertz CT molecular complexity index is 1990. The highest BCUT2D eigenvalue weighted by Gasteiger charge is 2.23. The lowest BCUT2D eigenvalue weighted by atomic mass is 9.95. The van der Waals surface area contributed by atoms with Gasteiger partial charge in [0.2, 0.25) is 0 Å². The number of nitrogen functional groups attached to an aromatic ring is 1. The summed E-state index contributed by atoms with van der Waals surface area (Å²) in [7, 11) is 0. The van der Waals surface area contributed by atoms with E-state index in [9.17, 15) is 0 Å². The highest BCUT2D eigenvalue weighted by atomic mass is 14.8. The van der Waals surface area contributed by atoms with Crippen molar-refractivity contribution in [2.45, 2.75) is 81.1 Å². The van der Waals surface area contributed by atoms with E-state index in [0.29, 0.717) is 0 Å². The number of aryl methyl sites for hydroxylation is 4. The van der Waals surface area contributed by atoms with Crippen molar-refractivity contribution in [2.24, 2.45) is 0 Å². The van der Waals surface area contributed by atoms with Crippen LogP contribution in [0.5, 0.6) is 0 Å². The molecule has 0 spiro atoms. The van der Waals surface area contributed by atoms with Crippen molar-refractivity contribution in [3.8, 4) is 11.1 Å². The Morgan fingerprint density at radius 2 is 1.16 bits per heavy atom. The normalized spacial score (nSPS) is 13.4. The zero-order chi connectivity index (χ0) is 30.6. The highest BCUT2D eigenvalue weighted by Crippen LogP contribution is 2.41. The number of benzene rings is 1. The molecule has 0 radical (unpaired) electrons. The molecule has 3 aromatic heterocycles. The van der Waals surface area contributed by atoms with Crippen LogP contribution in [-0.2, 0) is 12.8 Å². The van der Waals surface area contributed by atoms with Crippen molar-refractivity contribution in [1.82, 2.24) is 19.9 Å². The predicted molar refractivity (Wildman–Crippen MR) is 185 cm³/mol. The maximum atomic E-state index is 6.15. The van der Waals surface area contributed by atoms with Gasteiger partial charge in [0.05, 0.1) is 28.3 Å². The first-order valence-electron chi connectivity index (χ1n) is 15.7. The summed E-state index contributed by atoms with van der Waals surface area (Å²) in [5.74, 6) is 0. The van der Waals surface area contributed by atoms with Gasteiger partial charge in [-0.15, -0.1) is 0 Å². The molecule has 6 rings (SSSR count). The van der Waals surface area contributed by atoms with Crippen LogP contribution < -0.4 is 5.73 Å². The van der Waals surface area contributed by atoms with Gasteiger partial charge in [0.1, 0.15) is 0 Å². The van der Waals surface area contributed by atoms with Crippen molar-refractivity contribution in [2.75, 3.05) is 5.73 Å². The van der Waals surface area contributed by atoms with Gasteiger partial charge in [-0.2, -0.15) is 0 Å². The third kappa shape index (κ3) is 4.62. The number of fused-ring (bicyclic) bond motifs is 8. The summed E-state index contributed by atoms with van der Waals surface area (Å²) in [5.41, 5.74) is 27.9. The Morgan fingerprint density at radius 1 is 0.605 bits per heavy atom. The van der Waals surface area contributed by atoms with Crippen LogP contribution in [0.2, 0.25) is 0 Å². The number of H-pyrrole nitrogens is 2. The van der Waals surface area contributed by atoms with Crippen LogP contribution in [0.3, 0.4) is 0 Å². The summed E-state index contributed by atoms with van der Waals surface area (Å²) in [6.07, 6.45) is 3.70. The van der Waals surface area contributed by atoms with Crippen LogP contribution in [0.4, 0.5) is 5.69 Å². The number of anilines is 1. The quantitative estimate of drug-likeness (QED) is 0.209. The minimum Gasteiger partial charge on any atom is -0.399 e. The van der Waals surface area contributed by atoms with E-state index in [4.69, 9.17) is 15.7 Å². The Labute approximate surface area is 255 Å². The van der Waals surface area contributed by atoms with E-state index in [1.165, 1.54) is 44.5 Å². The molecular formula is C38H43N5. The monoisotopic (exact) mass is 569 g/mol. The number of hydrogen-bond acceptors (Lipinski definition) is 3. The smallest absolute Gasteiger partial charge is 0.0769 e. The molecule has 0 saturated heterocycles. The van der Waals surface area contributed by atoms with E-state index in [1.54, 1.807) is 0 Å². The van der Waals surface area contributed by atoms with Gasteiger partial charge in [-0.05, 0) is 134 Å². The van der Waals surface area contributed by atoms with Gasteiger partial charge in [-0.3, -0.25) is 0 Å². The number of nitrogens with two attached hydrogens (primary N) is 1. The number of aromatic nitrogens is 4. The highest BCUT2D eigenvalue weighted by molar-refractivity contribution is 6.01. The summed E-state index contributed by atoms with van der Waals surface area (Å²) in [6.45, 7) is 17.8. The molecule has 43 heavy (non-hydrogen) atoms. The zero-order valence-electron chi connectivity index (χ0n) is 26.8. The first-order chi connectivity index (χ1) is 20.7. The third-order valence-corrected chi connectivity index (χ3v) is 9.54. The van der Waals surface area contributed by atoms with E-state index in [1.807, 2.05) is 12.1 Å². The number of aromatic amines is 2. The van der Waals surface area contributed by atoms with Crippen LogP contribution in [0.25, 0.3) is 55.5 Å². The van der Waals surface area contributed by atoms with Crippen LogP contribution in [0.15, 0.2) is 42.5 Å². The Balaban J connectivity index is 1.88. The molecule has 5 heterocycles. The van der Waals surface area contributed by atoms with Gasteiger partial charge in [0.15, 0.2) is 0 Å². The van der Waals surface area contributed by atoms with E-state index in [0.717, 1.165) is 87.3 Å². The number of hydrogen-bond donors (Lipinski definition) is 3. The second kappa shape index (κ2) is 11.0. The molecule has 5 nitrogen and oxygen atoms in total. The van der Waals surface area contributed by atoms with Crippen molar-refractivity contribution >= 4 is 50.0 Å². The van der Waals surface area contributed by atoms with Crippen LogP contribution in [-0.4, -0.2) is 19.9 Å². The molecule has 0 fully saturated rings. The fourth-order valence-electron chi connectivity index (χ4n) is 7.10.